The van der Waals surface area contributed by atoms with E-state index in [1.54, 1.807) is 0 Å². The van der Waals surface area contributed by atoms with Crippen LogP contribution in [0.25, 0.3) is 0 Å². The minimum Gasteiger partial charge on any atom is -0.481 e. The summed E-state index contributed by atoms with van der Waals surface area (Å²) in [6.45, 7) is -0.0354. The molecule has 1 aliphatic carbocycles. The topological polar surface area (TPSA) is 57.2 Å². The third kappa shape index (κ3) is 2.19. The fraction of sp³-hybridized carbons (Fsp3) is 0.875. The number of carboxylic acids is 1. The van der Waals surface area contributed by atoms with Crippen molar-refractivity contribution in [2.45, 2.75) is 25.7 Å². The van der Waals surface area contributed by atoms with Crippen molar-refractivity contribution in [1.29, 1.82) is 0 Å². The second-order valence-electron chi connectivity index (χ2n) is 3.22. The van der Waals surface area contributed by atoms with Crippen LogP contribution in [0.5, 0.6) is 0 Å². The highest BCUT2D eigenvalue weighted by atomic mass is 16.4. The number of hydrogen-bond acceptors (Lipinski definition) is 1. The van der Waals surface area contributed by atoms with E-state index in [1.165, 1.54) is 0 Å². The van der Waals surface area contributed by atoms with Crippen molar-refractivity contribution in [1.82, 2.24) is 0 Å². The molecule has 1 rings (SSSR count). The zero-order valence-corrected chi connectivity index (χ0v) is 6.45. The van der Waals surface area contributed by atoms with Crippen LogP contribution < -0.4 is 0 Å². The number of rotatable bonds is 2. The molecule has 3 nitrogen and oxygen atoms in total. The van der Waals surface area contributed by atoms with Crippen LogP contribution in [0, 0.1) is 11.8 Å². The zero-order valence-electron chi connectivity index (χ0n) is 6.45. The molecule has 0 aromatic heterocycles. The summed E-state index contributed by atoms with van der Waals surface area (Å²) in [5.41, 5.74) is 0. The molecule has 0 unspecified atom stereocenters. The molecule has 0 atom stereocenters. The minimum absolute atomic E-state index is 0.0354. The van der Waals surface area contributed by atoms with E-state index < -0.39 is 5.97 Å². The van der Waals surface area contributed by atoms with Crippen LogP contribution in [0.1, 0.15) is 25.7 Å². The van der Waals surface area contributed by atoms with Gasteiger partial charge >= 0.3 is 5.97 Å². The van der Waals surface area contributed by atoms with Gasteiger partial charge in [-0.15, -0.1) is 0 Å². The molecule has 0 aliphatic heterocycles. The number of carbonyl (C=O) groups is 1. The van der Waals surface area contributed by atoms with Crippen molar-refractivity contribution in [3.05, 3.63) is 0 Å². The Morgan fingerprint density at radius 1 is 1.27 bits per heavy atom. The standard InChI is InChI=1S/C8H13O3/c9-5-6-1-3-7(4-2-6)8(10)11/h6-7H,1-5H2,(H,10,11). The number of hydrogen-bond donors (Lipinski definition) is 1. The Kier molecular flexibility index (Phi) is 2.88. The van der Waals surface area contributed by atoms with E-state index in [0.29, 0.717) is 12.8 Å². The van der Waals surface area contributed by atoms with Gasteiger partial charge in [0.25, 0.3) is 0 Å². The summed E-state index contributed by atoms with van der Waals surface area (Å²) >= 11 is 0. The quantitative estimate of drug-likeness (QED) is 0.657. The molecule has 1 aliphatic rings. The predicted octanol–water partition coefficient (Wildman–Crippen LogP) is 1.31. The summed E-state index contributed by atoms with van der Waals surface area (Å²) < 4.78 is 0. The van der Waals surface area contributed by atoms with Gasteiger partial charge in [-0.3, -0.25) is 4.79 Å². The molecule has 1 radical (unpaired) electrons. The maximum absolute atomic E-state index is 10.5. The molecule has 11 heavy (non-hydrogen) atoms. The molecule has 1 saturated carbocycles. The summed E-state index contributed by atoms with van der Waals surface area (Å²) in [7, 11) is 0. The van der Waals surface area contributed by atoms with E-state index in [4.69, 9.17) is 5.11 Å². The van der Waals surface area contributed by atoms with Crippen molar-refractivity contribution in [3.8, 4) is 0 Å². The van der Waals surface area contributed by atoms with Gasteiger partial charge in [0.05, 0.1) is 12.5 Å². The lowest BCUT2D eigenvalue weighted by atomic mass is 9.82. The van der Waals surface area contributed by atoms with Gasteiger partial charge in [-0.1, -0.05) is 0 Å². The van der Waals surface area contributed by atoms with Crippen LogP contribution in [-0.4, -0.2) is 17.7 Å². The average molecular weight is 157 g/mol. The van der Waals surface area contributed by atoms with Gasteiger partial charge in [-0.05, 0) is 31.6 Å². The first-order valence-electron chi connectivity index (χ1n) is 4.05. The summed E-state index contributed by atoms with van der Waals surface area (Å²) in [6, 6.07) is 0. The highest BCUT2D eigenvalue weighted by Crippen LogP contribution is 2.28. The number of aliphatic carboxylic acids is 1. The Balaban J connectivity index is 2.30. The monoisotopic (exact) mass is 157 g/mol. The van der Waals surface area contributed by atoms with Gasteiger partial charge in [0, 0.05) is 0 Å². The van der Waals surface area contributed by atoms with Crippen molar-refractivity contribution < 1.29 is 15.0 Å². The Hall–Kier alpha value is -0.570. The first-order valence-corrected chi connectivity index (χ1v) is 4.05. The molecular weight excluding hydrogens is 144 g/mol. The molecule has 0 amide bonds. The molecule has 0 spiro atoms. The third-order valence-electron chi connectivity index (χ3n) is 2.43. The fourth-order valence-corrected chi connectivity index (χ4v) is 1.58. The second-order valence-corrected chi connectivity index (χ2v) is 3.22. The smallest absolute Gasteiger partial charge is 0.306 e. The van der Waals surface area contributed by atoms with Gasteiger partial charge in [0.2, 0.25) is 0 Å². The van der Waals surface area contributed by atoms with Crippen molar-refractivity contribution in [3.63, 3.8) is 0 Å². The summed E-state index contributed by atoms with van der Waals surface area (Å²) in [5.74, 6) is -0.641. The lowest BCUT2D eigenvalue weighted by Crippen LogP contribution is -2.22. The number of carboxylic acid groups (broad SMARTS) is 1. The van der Waals surface area contributed by atoms with Crippen LogP contribution in [0.2, 0.25) is 0 Å². The van der Waals surface area contributed by atoms with E-state index in [0.717, 1.165) is 12.8 Å². The zero-order chi connectivity index (χ0) is 8.27. The Morgan fingerprint density at radius 3 is 2.18 bits per heavy atom. The van der Waals surface area contributed by atoms with E-state index >= 15 is 0 Å². The molecule has 63 valence electrons. The van der Waals surface area contributed by atoms with Crippen LogP contribution in [0.4, 0.5) is 0 Å². The highest BCUT2D eigenvalue weighted by Gasteiger charge is 2.25. The Morgan fingerprint density at radius 2 is 1.82 bits per heavy atom. The Bertz CT molecular complexity index is 136. The minimum atomic E-state index is -0.700. The third-order valence-corrected chi connectivity index (χ3v) is 2.43. The summed E-state index contributed by atoms with van der Waals surface area (Å²) in [4.78, 5) is 10.5. The van der Waals surface area contributed by atoms with E-state index in [2.05, 4.69) is 0 Å². The van der Waals surface area contributed by atoms with Gasteiger partial charge in [0.1, 0.15) is 0 Å². The van der Waals surface area contributed by atoms with Crippen molar-refractivity contribution in [2.24, 2.45) is 11.8 Å². The van der Waals surface area contributed by atoms with Crippen LogP contribution in [0.3, 0.4) is 0 Å². The SMILES string of the molecule is [O]CC1CCC(C(=O)O)CC1. The molecular formula is C8H13O3. The van der Waals surface area contributed by atoms with Crippen LogP contribution in [-0.2, 0) is 9.90 Å². The molecule has 0 aromatic carbocycles. The van der Waals surface area contributed by atoms with E-state index in [9.17, 15) is 9.90 Å². The molecule has 3 heteroatoms. The maximum atomic E-state index is 10.5. The Labute approximate surface area is 66.0 Å². The summed E-state index contributed by atoms with van der Waals surface area (Å²) in [6.07, 6.45) is 3.01. The van der Waals surface area contributed by atoms with Crippen molar-refractivity contribution in [2.75, 3.05) is 6.61 Å². The van der Waals surface area contributed by atoms with Gasteiger partial charge < -0.3 is 5.11 Å². The summed E-state index contributed by atoms with van der Waals surface area (Å²) in [5, 5.41) is 19.0. The molecule has 0 aromatic rings. The molecule has 0 heterocycles. The molecule has 1 N–H and O–H groups in total. The normalized spacial score (nSPS) is 31.7. The first-order chi connectivity index (χ1) is 5.24. The first kappa shape index (κ1) is 8.53. The van der Waals surface area contributed by atoms with Crippen LogP contribution in [0.15, 0.2) is 0 Å². The largest absolute Gasteiger partial charge is 0.481 e. The second kappa shape index (κ2) is 3.72. The fourth-order valence-electron chi connectivity index (χ4n) is 1.58. The average Bonchev–Trinajstić information content (AvgIpc) is 2.05. The molecule has 0 bridgehead atoms. The van der Waals surface area contributed by atoms with Gasteiger partial charge in [-0.2, -0.15) is 0 Å². The lowest BCUT2D eigenvalue weighted by molar-refractivity contribution is -0.143. The predicted molar refractivity (Wildman–Crippen MR) is 38.6 cm³/mol. The van der Waals surface area contributed by atoms with Crippen molar-refractivity contribution >= 4 is 5.97 Å². The van der Waals surface area contributed by atoms with Gasteiger partial charge in [-0.25, -0.2) is 5.11 Å². The maximum Gasteiger partial charge on any atom is 0.306 e. The van der Waals surface area contributed by atoms with E-state index in [1.807, 2.05) is 0 Å². The van der Waals surface area contributed by atoms with E-state index in [-0.39, 0.29) is 18.4 Å². The van der Waals surface area contributed by atoms with Crippen LogP contribution >= 0.6 is 0 Å². The molecule has 0 saturated heterocycles. The lowest BCUT2D eigenvalue weighted by Gasteiger charge is -2.23. The highest BCUT2D eigenvalue weighted by molar-refractivity contribution is 5.69. The van der Waals surface area contributed by atoms with Gasteiger partial charge in [0.15, 0.2) is 0 Å². The molecule has 1 fully saturated rings.